The first-order chi connectivity index (χ1) is 9.16. The monoisotopic (exact) mass is 264 g/mol. The molecule has 1 fully saturated rings. The predicted molar refractivity (Wildman–Crippen MR) is 66.0 cm³/mol. The number of carbonyl (C=O) groups is 2. The molecule has 2 N–H and O–H groups in total. The van der Waals surface area contributed by atoms with Gasteiger partial charge in [-0.15, -0.1) is 0 Å². The molecule has 0 aromatic carbocycles. The van der Waals surface area contributed by atoms with Crippen LogP contribution in [0.2, 0.25) is 0 Å². The minimum Gasteiger partial charge on any atom is -0.464 e. The van der Waals surface area contributed by atoms with Crippen molar-refractivity contribution in [3.05, 3.63) is 24.3 Å². The Hall–Kier alpha value is -2.18. The molecule has 0 spiro atoms. The topological polar surface area (TPSA) is 93.2 Å². The van der Waals surface area contributed by atoms with Gasteiger partial charge in [-0.3, -0.25) is 0 Å². The highest BCUT2D eigenvalue weighted by Gasteiger charge is 2.52. The largest absolute Gasteiger partial charge is 0.464 e. The molecular weight excluding hydrogens is 248 g/mol. The van der Waals surface area contributed by atoms with Crippen LogP contribution in [-0.2, 0) is 16.1 Å². The summed E-state index contributed by atoms with van der Waals surface area (Å²) in [5, 5.41) is 5.25. The summed E-state index contributed by atoms with van der Waals surface area (Å²) in [6.07, 6.45) is 4.42. The lowest BCUT2D eigenvalue weighted by molar-refractivity contribution is -0.146. The molecule has 0 saturated heterocycles. The fourth-order valence-corrected chi connectivity index (χ4v) is 1.62. The summed E-state index contributed by atoms with van der Waals surface area (Å²) in [7, 11) is 0. The molecule has 1 aromatic rings. The number of rotatable bonds is 5. The van der Waals surface area contributed by atoms with Gasteiger partial charge in [-0.1, -0.05) is 0 Å². The molecule has 19 heavy (non-hydrogen) atoms. The highest BCUT2D eigenvalue weighted by Crippen LogP contribution is 2.36. The van der Waals surface area contributed by atoms with Gasteiger partial charge in [-0.05, 0) is 25.8 Å². The lowest BCUT2D eigenvalue weighted by atomic mass is 10.3. The normalized spacial score (nSPS) is 15.4. The summed E-state index contributed by atoms with van der Waals surface area (Å²) < 4.78 is 4.93. The Bertz CT molecular complexity index is 459. The maximum atomic E-state index is 11.7. The molecule has 0 radical (unpaired) electrons. The number of carbonyl (C=O) groups excluding carboxylic acids is 2. The second kappa shape index (κ2) is 5.64. The van der Waals surface area contributed by atoms with Gasteiger partial charge < -0.3 is 15.4 Å². The Morgan fingerprint density at radius 2 is 2.05 bits per heavy atom. The third-order valence-corrected chi connectivity index (χ3v) is 2.80. The summed E-state index contributed by atoms with van der Waals surface area (Å²) in [6.45, 7) is 2.26. The quantitative estimate of drug-likeness (QED) is 0.749. The number of nitrogens with zero attached hydrogens (tertiary/aromatic N) is 2. The van der Waals surface area contributed by atoms with Crippen molar-refractivity contribution in [1.82, 2.24) is 20.6 Å². The van der Waals surface area contributed by atoms with Crippen molar-refractivity contribution in [2.45, 2.75) is 31.8 Å². The highest BCUT2D eigenvalue weighted by atomic mass is 16.5. The van der Waals surface area contributed by atoms with E-state index in [4.69, 9.17) is 4.74 Å². The third-order valence-electron chi connectivity index (χ3n) is 2.80. The minimum absolute atomic E-state index is 0.214. The van der Waals surface area contributed by atoms with Gasteiger partial charge >= 0.3 is 12.0 Å². The second-order valence-corrected chi connectivity index (χ2v) is 4.28. The van der Waals surface area contributed by atoms with Gasteiger partial charge in [-0.25, -0.2) is 19.6 Å². The first kappa shape index (κ1) is 13.3. The van der Waals surface area contributed by atoms with Crippen LogP contribution in [0.25, 0.3) is 0 Å². The second-order valence-electron chi connectivity index (χ2n) is 4.28. The maximum Gasteiger partial charge on any atom is 0.331 e. The molecule has 7 heteroatoms. The van der Waals surface area contributed by atoms with Crippen molar-refractivity contribution in [2.75, 3.05) is 6.61 Å². The average Bonchev–Trinajstić information content (AvgIpc) is 3.19. The van der Waals surface area contributed by atoms with E-state index < -0.39 is 11.6 Å². The van der Waals surface area contributed by atoms with Gasteiger partial charge in [0, 0.05) is 12.4 Å². The van der Waals surface area contributed by atoms with E-state index in [-0.39, 0.29) is 12.5 Å². The van der Waals surface area contributed by atoms with Crippen LogP contribution in [-0.4, -0.2) is 34.1 Å². The van der Waals surface area contributed by atoms with Gasteiger partial charge in [-0.2, -0.15) is 0 Å². The number of hydrogen-bond donors (Lipinski definition) is 2. The van der Waals surface area contributed by atoms with Crippen molar-refractivity contribution in [2.24, 2.45) is 0 Å². The summed E-state index contributed by atoms with van der Waals surface area (Å²) >= 11 is 0. The van der Waals surface area contributed by atoms with Crippen molar-refractivity contribution in [1.29, 1.82) is 0 Å². The van der Waals surface area contributed by atoms with Crippen molar-refractivity contribution in [3.63, 3.8) is 0 Å². The summed E-state index contributed by atoms with van der Waals surface area (Å²) in [5.74, 6) is 0.139. The molecule has 0 unspecified atom stereocenters. The van der Waals surface area contributed by atoms with Crippen LogP contribution in [0.1, 0.15) is 25.6 Å². The molecule has 2 amide bonds. The van der Waals surface area contributed by atoms with Crippen molar-refractivity contribution < 1.29 is 14.3 Å². The van der Waals surface area contributed by atoms with Crippen LogP contribution in [0.5, 0.6) is 0 Å². The molecule has 0 bridgehead atoms. The van der Waals surface area contributed by atoms with Crippen LogP contribution in [0, 0.1) is 0 Å². The molecule has 2 rings (SSSR count). The first-order valence-electron chi connectivity index (χ1n) is 6.15. The van der Waals surface area contributed by atoms with Crippen LogP contribution in [0.15, 0.2) is 18.5 Å². The average molecular weight is 264 g/mol. The molecule has 1 heterocycles. The van der Waals surface area contributed by atoms with Crippen LogP contribution in [0.3, 0.4) is 0 Å². The molecule has 1 aliphatic carbocycles. The number of aromatic nitrogens is 2. The van der Waals surface area contributed by atoms with E-state index >= 15 is 0 Å². The van der Waals surface area contributed by atoms with Crippen LogP contribution < -0.4 is 10.6 Å². The van der Waals surface area contributed by atoms with Crippen molar-refractivity contribution >= 4 is 12.0 Å². The van der Waals surface area contributed by atoms with Crippen LogP contribution >= 0.6 is 0 Å². The Labute approximate surface area is 110 Å². The molecule has 1 saturated carbocycles. The smallest absolute Gasteiger partial charge is 0.331 e. The van der Waals surface area contributed by atoms with E-state index in [1.165, 1.54) is 0 Å². The molecule has 0 aliphatic heterocycles. The van der Waals surface area contributed by atoms with Gasteiger partial charge in [0.05, 0.1) is 13.2 Å². The zero-order valence-corrected chi connectivity index (χ0v) is 10.7. The molecule has 0 atom stereocenters. The number of ether oxygens (including phenoxy) is 1. The Morgan fingerprint density at radius 3 is 2.63 bits per heavy atom. The van der Waals surface area contributed by atoms with E-state index in [1.54, 1.807) is 25.4 Å². The number of esters is 1. The zero-order chi connectivity index (χ0) is 13.7. The Morgan fingerprint density at radius 1 is 1.37 bits per heavy atom. The fourth-order valence-electron chi connectivity index (χ4n) is 1.62. The van der Waals surface area contributed by atoms with Gasteiger partial charge in [0.15, 0.2) is 0 Å². The van der Waals surface area contributed by atoms with E-state index in [9.17, 15) is 9.59 Å². The fraction of sp³-hybridized carbons (Fsp3) is 0.500. The van der Waals surface area contributed by atoms with E-state index in [2.05, 4.69) is 20.6 Å². The number of hydrogen-bond acceptors (Lipinski definition) is 5. The Balaban J connectivity index is 1.80. The number of urea groups is 1. The minimum atomic E-state index is -0.836. The molecule has 1 aliphatic rings. The van der Waals surface area contributed by atoms with Gasteiger partial charge in [0.2, 0.25) is 0 Å². The standard InChI is InChI=1S/C12H16N4O3/c1-2-19-10(17)12(4-5-12)16-11(18)15-8-9-13-6-3-7-14-9/h3,6-7H,2,4-5,8H2,1H3,(H2,15,16,18). The van der Waals surface area contributed by atoms with Crippen molar-refractivity contribution in [3.8, 4) is 0 Å². The molecule has 1 aromatic heterocycles. The molecule has 102 valence electrons. The summed E-state index contributed by atoms with van der Waals surface area (Å²) in [5.41, 5.74) is -0.836. The highest BCUT2D eigenvalue weighted by molar-refractivity contribution is 5.90. The SMILES string of the molecule is CCOC(=O)C1(NC(=O)NCc2ncccn2)CC1. The lowest BCUT2D eigenvalue weighted by Crippen LogP contribution is -2.48. The molecule has 7 nitrogen and oxygen atoms in total. The molecular formula is C12H16N4O3. The first-order valence-corrected chi connectivity index (χ1v) is 6.15. The van der Waals surface area contributed by atoms with E-state index in [0.717, 1.165) is 0 Å². The summed E-state index contributed by atoms with van der Waals surface area (Å²) in [4.78, 5) is 31.3. The number of nitrogens with one attached hydrogen (secondary N) is 2. The van der Waals surface area contributed by atoms with E-state index in [1.807, 2.05) is 0 Å². The number of amides is 2. The van der Waals surface area contributed by atoms with Gasteiger partial charge in [0.1, 0.15) is 11.4 Å². The third kappa shape index (κ3) is 3.40. The zero-order valence-electron chi connectivity index (χ0n) is 10.7. The summed E-state index contributed by atoms with van der Waals surface area (Å²) in [6, 6.07) is 1.28. The van der Waals surface area contributed by atoms with Gasteiger partial charge in [0.25, 0.3) is 0 Å². The van der Waals surface area contributed by atoms with Crippen LogP contribution in [0.4, 0.5) is 4.79 Å². The van der Waals surface area contributed by atoms with E-state index in [0.29, 0.717) is 25.3 Å². The predicted octanol–water partition coefficient (Wildman–Crippen LogP) is 0.371. The maximum absolute atomic E-state index is 11.7. The lowest BCUT2D eigenvalue weighted by Gasteiger charge is -2.16. The Kier molecular flexibility index (Phi) is 3.94.